The molecule has 0 unspecified atom stereocenters. The Bertz CT molecular complexity index is 876. The molecule has 0 aliphatic heterocycles. The summed E-state index contributed by atoms with van der Waals surface area (Å²) in [6.45, 7) is 4.41. The molecule has 5 nitrogen and oxygen atoms in total. The number of aromatic nitrogens is 1. The number of methoxy groups -OCH3 is 1. The molecule has 0 aliphatic carbocycles. The zero-order chi connectivity index (χ0) is 19.2. The third kappa shape index (κ3) is 4.72. The molecule has 140 valence electrons. The van der Waals surface area contributed by atoms with E-state index >= 15 is 0 Å². The van der Waals surface area contributed by atoms with Gasteiger partial charge in [-0.25, -0.2) is 4.98 Å². The average Bonchev–Trinajstić information content (AvgIpc) is 3.13. The summed E-state index contributed by atoms with van der Waals surface area (Å²) in [5.41, 5.74) is 3.29. The molecular formula is C21H23N3O2S. The average molecular weight is 382 g/mol. The quantitative estimate of drug-likeness (QED) is 0.619. The van der Waals surface area contributed by atoms with Crippen molar-refractivity contribution >= 4 is 34.3 Å². The summed E-state index contributed by atoms with van der Waals surface area (Å²) >= 11 is 1.44. The summed E-state index contributed by atoms with van der Waals surface area (Å²) in [6, 6.07) is 17.8. The van der Waals surface area contributed by atoms with Crippen molar-refractivity contribution in [3.63, 3.8) is 0 Å². The number of thiazole rings is 1. The van der Waals surface area contributed by atoms with E-state index in [1.807, 2.05) is 68.4 Å². The topological polar surface area (TPSA) is 54.5 Å². The number of nitrogens with zero attached hydrogens (tertiary/aromatic N) is 2. The number of ether oxygens (including phenoxy) is 1. The van der Waals surface area contributed by atoms with E-state index in [2.05, 4.69) is 10.3 Å². The Morgan fingerprint density at radius 2 is 1.78 bits per heavy atom. The van der Waals surface area contributed by atoms with Crippen LogP contribution in [0.2, 0.25) is 0 Å². The van der Waals surface area contributed by atoms with Crippen molar-refractivity contribution in [2.24, 2.45) is 0 Å². The molecule has 6 heteroatoms. The van der Waals surface area contributed by atoms with Crippen LogP contribution in [0, 0.1) is 0 Å². The summed E-state index contributed by atoms with van der Waals surface area (Å²) in [5.74, 6) is -0.104. The fourth-order valence-corrected chi connectivity index (χ4v) is 3.50. The minimum Gasteiger partial charge on any atom is -0.378 e. The molecule has 0 bridgehead atoms. The van der Waals surface area contributed by atoms with Crippen LogP contribution in [0.1, 0.15) is 29.3 Å². The van der Waals surface area contributed by atoms with Gasteiger partial charge in [0.05, 0.1) is 6.61 Å². The van der Waals surface area contributed by atoms with E-state index in [-0.39, 0.29) is 11.9 Å². The monoisotopic (exact) mass is 381 g/mol. The lowest BCUT2D eigenvalue weighted by atomic mass is 10.2. The smallest absolute Gasteiger partial charge is 0.277 e. The number of benzene rings is 2. The largest absolute Gasteiger partial charge is 0.378 e. The minimum absolute atomic E-state index is 0.0120. The molecule has 1 aromatic heterocycles. The van der Waals surface area contributed by atoms with E-state index in [1.54, 1.807) is 17.4 Å². The normalized spacial score (nSPS) is 10.8. The SMILES string of the molecule is COCc1nc(C(=O)N(c2ccc(Nc3ccccc3)cc2)C(C)C)cs1. The van der Waals surface area contributed by atoms with Crippen LogP contribution in [0.5, 0.6) is 0 Å². The lowest BCUT2D eigenvalue weighted by molar-refractivity contribution is 0.0975. The van der Waals surface area contributed by atoms with Crippen molar-refractivity contribution in [3.05, 3.63) is 70.7 Å². The molecule has 3 rings (SSSR count). The van der Waals surface area contributed by atoms with Gasteiger partial charge in [-0.05, 0) is 50.2 Å². The van der Waals surface area contributed by atoms with Crippen LogP contribution < -0.4 is 10.2 Å². The third-order valence-electron chi connectivity index (χ3n) is 3.98. The van der Waals surface area contributed by atoms with Gasteiger partial charge in [0.25, 0.3) is 5.91 Å². The molecule has 0 fully saturated rings. The number of para-hydroxylation sites is 1. The molecule has 0 saturated carbocycles. The zero-order valence-electron chi connectivity index (χ0n) is 15.7. The molecule has 0 saturated heterocycles. The molecule has 0 aliphatic rings. The van der Waals surface area contributed by atoms with Gasteiger partial charge >= 0.3 is 0 Å². The van der Waals surface area contributed by atoms with Gasteiger partial charge in [0, 0.05) is 35.6 Å². The van der Waals surface area contributed by atoms with E-state index in [9.17, 15) is 4.79 Å². The Balaban J connectivity index is 1.78. The van der Waals surface area contributed by atoms with Crippen LogP contribution in [0.3, 0.4) is 0 Å². The maximum absolute atomic E-state index is 13.0. The Morgan fingerprint density at radius 3 is 2.41 bits per heavy atom. The summed E-state index contributed by atoms with van der Waals surface area (Å²) < 4.78 is 5.09. The number of nitrogens with one attached hydrogen (secondary N) is 1. The number of anilines is 3. The van der Waals surface area contributed by atoms with Crippen molar-refractivity contribution < 1.29 is 9.53 Å². The fourth-order valence-electron chi connectivity index (χ4n) is 2.77. The first-order valence-corrected chi connectivity index (χ1v) is 9.65. The Labute approximate surface area is 163 Å². The van der Waals surface area contributed by atoms with Gasteiger partial charge in [0.2, 0.25) is 0 Å². The lowest BCUT2D eigenvalue weighted by Gasteiger charge is -2.26. The number of amides is 1. The third-order valence-corrected chi connectivity index (χ3v) is 4.80. The molecule has 1 heterocycles. The molecule has 3 aromatic rings. The predicted octanol–water partition coefficient (Wildman–Crippen LogP) is 5.09. The zero-order valence-corrected chi connectivity index (χ0v) is 16.5. The van der Waals surface area contributed by atoms with Crippen LogP contribution >= 0.6 is 11.3 Å². The second kappa shape index (κ2) is 8.79. The molecule has 0 atom stereocenters. The Hall–Kier alpha value is -2.70. The van der Waals surface area contributed by atoms with Gasteiger partial charge in [-0.3, -0.25) is 4.79 Å². The van der Waals surface area contributed by atoms with Gasteiger partial charge in [-0.2, -0.15) is 0 Å². The predicted molar refractivity (Wildman–Crippen MR) is 111 cm³/mol. The highest BCUT2D eigenvalue weighted by molar-refractivity contribution is 7.09. The van der Waals surface area contributed by atoms with Crippen LogP contribution in [0.15, 0.2) is 60.0 Å². The summed E-state index contributed by atoms with van der Waals surface area (Å²) in [6.07, 6.45) is 0. The van der Waals surface area contributed by atoms with Crippen molar-refractivity contribution in [2.45, 2.75) is 26.5 Å². The molecule has 2 aromatic carbocycles. The summed E-state index contributed by atoms with van der Waals surface area (Å²) in [4.78, 5) is 19.1. The molecule has 27 heavy (non-hydrogen) atoms. The lowest BCUT2D eigenvalue weighted by Crippen LogP contribution is -2.37. The van der Waals surface area contributed by atoms with Gasteiger partial charge < -0.3 is 15.0 Å². The van der Waals surface area contributed by atoms with E-state index in [0.29, 0.717) is 12.3 Å². The van der Waals surface area contributed by atoms with Crippen molar-refractivity contribution in [3.8, 4) is 0 Å². The number of hydrogen-bond acceptors (Lipinski definition) is 5. The van der Waals surface area contributed by atoms with E-state index < -0.39 is 0 Å². The summed E-state index contributed by atoms with van der Waals surface area (Å²) in [7, 11) is 1.62. The van der Waals surface area contributed by atoms with Crippen molar-refractivity contribution in [2.75, 3.05) is 17.3 Å². The van der Waals surface area contributed by atoms with Gasteiger partial charge in [-0.15, -0.1) is 11.3 Å². The minimum atomic E-state index is -0.104. The second-order valence-corrected chi connectivity index (χ2v) is 7.31. The highest BCUT2D eigenvalue weighted by Crippen LogP contribution is 2.25. The number of carbonyl (C=O) groups excluding carboxylic acids is 1. The van der Waals surface area contributed by atoms with Crippen LogP contribution in [0.25, 0.3) is 0 Å². The van der Waals surface area contributed by atoms with Crippen LogP contribution in [-0.2, 0) is 11.3 Å². The molecule has 1 N–H and O–H groups in total. The van der Waals surface area contributed by atoms with Gasteiger partial charge in [-0.1, -0.05) is 18.2 Å². The second-order valence-electron chi connectivity index (χ2n) is 6.37. The van der Waals surface area contributed by atoms with Gasteiger partial charge in [0.1, 0.15) is 10.7 Å². The first-order valence-electron chi connectivity index (χ1n) is 8.77. The molecule has 1 amide bonds. The number of hydrogen-bond donors (Lipinski definition) is 1. The van der Waals surface area contributed by atoms with Gasteiger partial charge in [0.15, 0.2) is 0 Å². The Kier molecular flexibility index (Phi) is 6.21. The number of rotatable bonds is 7. The first-order chi connectivity index (χ1) is 13.1. The highest BCUT2D eigenvalue weighted by atomic mass is 32.1. The van der Waals surface area contributed by atoms with Crippen LogP contribution in [-0.4, -0.2) is 24.0 Å². The molecular weight excluding hydrogens is 358 g/mol. The van der Waals surface area contributed by atoms with E-state index in [4.69, 9.17) is 4.74 Å². The van der Waals surface area contributed by atoms with E-state index in [1.165, 1.54) is 11.3 Å². The van der Waals surface area contributed by atoms with Crippen LogP contribution in [0.4, 0.5) is 17.1 Å². The van der Waals surface area contributed by atoms with Crippen molar-refractivity contribution in [1.82, 2.24) is 4.98 Å². The highest BCUT2D eigenvalue weighted by Gasteiger charge is 2.23. The maximum Gasteiger partial charge on any atom is 0.277 e. The van der Waals surface area contributed by atoms with Crippen molar-refractivity contribution in [1.29, 1.82) is 0 Å². The Morgan fingerprint density at radius 1 is 1.11 bits per heavy atom. The first kappa shape index (κ1) is 19.1. The van der Waals surface area contributed by atoms with E-state index in [0.717, 1.165) is 22.1 Å². The molecule has 0 radical (unpaired) electrons. The maximum atomic E-state index is 13.0. The number of carbonyl (C=O) groups is 1. The fraction of sp³-hybridized carbons (Fsp3) is 0.238. The molecule has 0 spiro atoms. The standard InChI is InChI=1S/C21H23N3O2S/c1-15(2)24(21(25)19-14-27-20(23-19)13-26-3)18-11-9-17(10-12-18)22-16-7-5-4-6-8-16/h4-12,14-15,22H,13H2,1-3H3. The summed E-state index contributed by atoms with van der Waals surface area (Å²) in [5, 5.41) is 5.94.